The SMILES string of the molecule is Cc1cc([C@@H](C2CCOCC2)N2CCNCC2)cc(C)c1O.Cl.Cl. The van der Waals surface area contributed by atoms with Crippen LogP contribution in [-0.2, 0) is 4.74 Å². The second-order valence-corrected chi connectivity index (χ2v) is 6.68. The molecule has 0 unspecified atom stereocenters. The molecule has 24 heavy (non-hydrogen) atoms. The average molecular weight is 377 g/mol. The van der Waals surface area contributed by atoms with E-state index in [0.717, 1.165) is 63.4 Å². The second kappa shape index (κ2) is 9.83. The molecule has 2 saturated heterocycles. The molecule has 0 aromatic heterocycles. The summed E-state index contributed by atoms with van der Waals surface area (Å²) in [5.41, 5.74) is 3.34. The minimum Gasteiger partial charge on any atom is -0.507 e. The molecule has 1 aromatic carbocycles. The zero-order valence-corrected chi connectivity index (χ0v) is 16.2. The minimum absolute atomic E-state index is 0. The van der Waals surface area contributed by atoms with Crippen molar-refractivity contribution >= 4 is 24.8 Å². The van der Waals surface area contributed by atoms with Crippen LogP contribution in [0.1, 0.15) is 35.6 Å². The Morgan fingerprint density at radius 1 is 1.08 bits per heavy atom. The molecule has 3 rings (SSSR count). The second-order valence-electron chi connectivity index (χ2n) is 6.68. The number of benzene rings is 1. The molecule has 2 aliphatic heterocycles. The first-order chi connectivity index (χ1) is 10.7. The van der Waals surface area contributed by atoms with Crippen molar-refractivity contribution < 1.29 is 9.84 Å². The molecule has 1 aromatic rings. The molecule has 6 heteroatoms. The monoisotopic (exact) mass is 376 g/mol. The lowest BCUT2D eigenvalue weighted by Gasteiger charge is -2.41. The molecule has 0 aliphatic carbocycles. The summed E-state index contributed by atoms with van der Waals surface area (Å²) < 4.78 is 5.57. The van der Waals surface area contributed by atoms with E-state index in [1.165, 1.54) is 5.56 Å². The molecule has 0 bridgehead atoms. The molecule has 2 aliphatic rings. The Labute approximate surface area is 157 Å². The summed E-state index contributed by atoms with van der Waals surface area (Å²) in [4.78, 5) is 2.62. The van der Waals surface area contributed by atoms with Gasteiger partial charge in [0, 0.05) is 45.4 Å². The molecule has 138 valence electrons. The third-order valence-corrected chi connectivity index (χ3v) is 5.11. The summed E-state index contributed by atoms with van der Waals surface area (Å²) in [5, 5.41) is 13.5. The summed E-state index contributed by atoms with van der Waals surface area (Å²) in [5.74, 6) is 1.09. The van der Waals surface area contributed by atoms with Gasteiger partial charge < -0.3 is 15.2 Å². The van der Waals surface area contributed by atoms with E-state index >= 15 is 0 Å². The van der Waals surface area contributed by atoms with Crippen molar-refractivity contribution in [2.24, 2.45) is 5.92 Å². The molecule has 0 amide bonds. The Morgan fingerprint density at radius 3 is 2.17 bits per heavy atom. The van der Waals surface area contributed by atoms with Crippen molar-refractivity contribution in [3.8, 4) is 5.75 Å². The van der Waals surface area contributed by atoms with Crippen LogP contribution >= 0.6 is 24.8 Å². The van der Waals surface area contributed by atoms with E-state index < -0.39 is 0 Å². The zero-order chi connectivity index (χ0) is 15.5. The summed E-state index contributed by atoms with van der Waals surface area (Å²) in [6.45, 7) is 10.1. The summed E-state index contributed by atoms with van der Waals surface area (Å²) in [7, 11) is 0. The molecule has 2 N–H and O–H groups in total. The van der Waals surface area contributed by atoms with E-state index in [0.29, 0.717) is 17.7 Å². The predicted octanol–water partition coefficient (Wildman–Crippen LogP) is 3.23. The summed E-state index contributed by atoms with van der Waals surface area (Å²) >= 11 is 0. The average Bonchev–Trinajstić information content (AvgIpc) is 2.55. The standard InChI is InChI=1S/C18H28N2O2.2ClH/c1-13-11-16(12-14(2)18(13)21)17(15-3-9-22-10-4-15)20-7-5-19-6-8-20;;/h11-12,15,17,19,21H,3-10H2,1-2H3;2*1H/t17-;;/m1../s1. The van der Waals surface area contributed by atoms with Gasteiger partial charge in [0.2, 0.25) is 0 Å². The van der Waals surface area contributed by atoms with Crippen molar-refractivity contribution in [2.45, 2.75) is 32.7 Å². The van der Waals surface area contributed by atoms with Crippen LogP contribution in [0.3, 0.4) is 0 Å². The van der Waals surface area contributed by atoms with Gasteiger partial charge in [-0.3, -0.25) is 4.90 Å². The minimum atomic E-state index is 0. The van der Waals surface area contributed by atoms with E-state index in [1.54, 1.807) is 0 Å². The maximum Gasteiger partial charge on any atom is 0.121 e. The first-order valence-electron chi connectivity index (χ1n) is 8.49. The van der Waals surface area contributed by atoms with Gasteiger partial charge >= 0.3 is 0 Å². The number of halogens is 2. The van der Waals surface area contributed by atoms with Crippen LogP contribution in [0.4, 0.5) is 0 Å². The number of hydrogen-bond donors (Lipinski definition) is 2. The smallest absolute Gasteiger partial charge is 0.121 e. The number of rotatable bonds is 3. The fourth-order valence-corrected chi connectivity index (χ4v) is 3.93. The van der Waals surface area contributed by atoms with Gasteiger partial charge in [0.15, 0.2) is 0 Å². The molecular formula is C18H30Cl2N2O2. The van der Waals surface area contributed by atoms with Crippen molar-refractivity contribution in [1.82, 2.24) is 10.2 Å². The van der Waals surface area contributed by atoms with Crippen LogP contribution in [0, 0.1) is 19.8 Å². The fourth-order valence-electron chi connectivity index (χ4n) is 3.93. The predicted molar refractivity (Wildman–Crippen MR) is 103 cm³/mol. The number of phenolic OH excluding ortho intramolecular Hbond substituents is 1. The van der Waals surface area contributed by atoms with Crippen LogP contribution in [0.5, 0.6) is 5.75 Å². The molecule has 1 atom stereocenters. The van der Waals surface area contributed by atoms with Crippen LogP contribution < -0.4 is 5.32 Å². The largest absolute Gasteiger partial charge is 0.507 e. The lowest BCUT2D eigenvalue weighted by atomic mass is 9.84. The third-order valence-electron chi connectivity index (χ3n) is 5.11. The Balaban J connectivity index is 0.00000144. The van der Waals surface area contributed by atoms with E-state index in [9.17, 15) is 5.11 Å². The van der Waals surface area contributed by atoms with Gasteiger partial charge in [-0.2, -0.15) is 0 Å². The molecule has 0 radical (unpaired) electrons. The first-order valence-corrected chi connectivity index (χ1v) is 8.49. The first kappa shape index (κ1) is 21.5. The van der Waals surface area contributed by atoms with Gasteiger partial charge in [-0.1, -0.05) is 12.1 Å². The quantitative estimate of drug-likeness (QED) is 0.849. The summed E-state index contributed by atoms with van der Waals surface area (Å²) in [6.07, 6.45) is 2.27. The number of phenols is 1. The molecular weight excluding hydrogens is 347 g/mol. The van der Waals surface area contributed by atoms with Crippen LogP contribution in [-0.4, -0.2) is 49.4 Å². The highest BCUT2D eigenvalue weighted by atomic mass is 35.5. The molecule has 2 fully saturated rings. The van der Waals surface area contributed by atoms with Crippen molar-refractivity contribution in [3.63, 3.8) is 0 Å². The van der Waals surface area contributed by atoms with Gasteiger partial charge in [-0.05, 0) is 49.3 Å². The lowest BCUT2D eigenvalue weighted by molar-refractivity contribution is 0.0212. The number of aryl methyl sites for hydroxylation is 2. The van der Waals surface area contributed by atoms with E-state index in [4.69, 9.17) is 4.74 Å². The lowest BCUT2D eigenvalue weighted by Crippen LogP contribution is -2.47. The van der Waals surface area contributed by atoms with Crippen molar-refractivity contribution in [3.05, 3.63) is 28.8 Å². The number of aromatic hydroxyl groups is 1. The van der Waals surface area contributed by atoms with Gasteiger partial charge in [-0.25, -0.2) is 0 Å². The Bertz CT molecular complexity index is 475. The Kier molecular flexibility index (Phi) is 8.82. The normalized spacial score (nSPS) is 20.8. The molecule has 0 spiro atoms. The molecule has 4 nitrogen and oxygen atoms in total. The summed E-state index contributed by atoms with van der Waals surface area (Å²) in [6, 6.07) is 4.82. The maximum atomic E-state index is 10.1. The van der Waals surface area contributed by atoms with Gasteiger partial charge in [0.05, 0.1) is 0 Å². The van der Waals surface area contributed by atoms with Crippen LogP contribution in [0.2, 0.25) is 0 Å². The fraction of sp³-hybridized carbons (Fsp3) is 0.667. The van der Waals surface area contributed by atoms with Crippen molar-refractivity contribution in [1.29, 1.82) is 0 Å². The number of nitrogens with zero attached hydrogens (tertiary/aromatic N) is 1. The third kappa shape index (κ3) is 4.77. The van der Waals surface area contributed by atoms with Gasteiger partial charge in [0.1, 0.15) is 5.75 Å². The number of piperazine rings is 1. The number of hydrogen-bond acceptors (Lipinski definition) is 4. The van der Waals surface area contributed by atoms with Crippen molar-refractivity contribution in [2.75, 3.05) is 39.4 Å². The van der Waals surface area contributed by atoms with Crippen LogP contribution in [0.15, 0.2) is 12.1 Å². The molecule has 2 heterocycles. The van der Waals surface area contributed by atoms with Gasteiger partial charge in [0.25, 0.3) is 0 Å². The highest BCUT2D eigenvalue weighted by Gasteiger charge is 2.31. The van der Waals surface area contributed by atoms with E-state index in [-0.39, 0.29) is 24.8 Å². The maximum absolute atomic E-state index is 10.1. The van der Waals surface area contributed by atoms with Gasteiger partial charge in [-0.15, -0.1) is 24.8 Å². The Morgan fingerprint density at radius 2 is 1.62 bits per heavy atom. The van der Waals surface area contributed by atoms with E-state index in [2.05, 4.69) is 22.3 Å². The van der Waals surface area contributed by atoms with E-state index in [1.807, 2.05) is 13.8 Å². The highest BCUT2D eigenvalue weighted by Crippen LogP contribution is 2.37. The number of ether oxygens (including phenoxy) is 1. The zero-order valence-electron chi connectivity index (χ0n) is 14.6. The topological polar surface area (TPSA) is 44.7 Å². The van der Waals surface area contributed by atoms with Crippen LogP contribution in [0.25, 0.3) is 0 Å². The molecule has 0 saturated carbocycles. The Hall–Kier alpha value is -0.520. The number of nitrogens with one attached hydrogen (secondary N) is 1. The highest BCUT2D eigenvalue weighted by molar-refractivity contribution is 5.85.